The molecule has 0 aromatic heterocycles. The van der Waals surface area contributed by atoms with Crippen LogP contribution in [0.25, 0.3) is 0 Å². The fraction of sp³-hybridized carbons (Fsp3) is 0.462. The van der Waals surface area contributed by atoms with Crippen LogP contribution in [0.2, 0.25) is 0 Å². The summed E-state index contributed by atoms with van der Waals surface area (Å²) in [5.74, 6) is 0. The minimum Gasteiger partial charge on any atom is -0.374 e. The number of likely N-dealkylation sites (tertiary alicyclic amines) is 1. The molecule has 0 spiro atoms. The Labute approximate surface area is 95.9 Å². The van der Waals surface area contributed by atoms with Crippen LogP contribution in [0.15, 0.2) is 30.3 Å². The van der Waals surface area contributed by atoms with Gasteiger partial charge in [0.1, 0.15) is 0 Å². The first-order valence-corrected chi connectivity index (χ1v) is 5.62. The summed E-state index contributed by atoms with van der Waals surface area (Å²) in [7, 11) is 0. The van der Waals surface area contributed by atoms with E-state index in [0.717, 1.165) is 19.5 Å². The van der Waals surface area contributed by atoms with Crippen molar-refractivity contribution >= 4 is 0 Å². The van der Waals surface area contributed by atoms with Gasteiger partial charge in [-0.3, -0.25) is 4.90 Å². The van der Waals surface area contributed by atoms with E-state index in [-0.39, 0.29) is 0 Å². The Morgan fingerprint density at radius 1 is 1.38 bits per heavy atom. The lowest BCUT2D eigenvalue weighted by Crippen LogP contribution is -2.46. The fourth-order valence-electron chi connectivity index (χ4n) is 2.19. The number of hydrogen-bond donors (Lipinski definition) is 1. The quantitative estimate of drug-likeness (QED) is 0.763. The summed E-state index contributed by atoms with van der Waals surface area (Å²) in [5, 5.41) is 18.8. The lowest BCUT2D eigenvalue weighted by atomic mass is 9.94. The van der Waals surface area contributed by atoms with Gasteiger partial charge in [0.05, 0.1) is 6.07 Å². The van der Waals surface area contributed by atoms with Crippen LogP contribution in [0.4, 0.5) is 0 Å². The Morgan fingerprint density at radius 3 is 2.81 bits per heavy atom. The summed E-state index contributed by atoms with van der Waals surface area (Å²) < 4.78 is 0. The van der Waals surface area contributed by atoms with Crippen LogP contribution in [0.3, 0.4) is 0 Å². The van der Waals surface area contributed by atoms with Crippen LogP contribution in [0.5, 0.6) is 0 Å². The molecule has 1 aliphatic rings. The highest BCUT2D eigenvalue weighted by atomic mass is 16.3. The lowest BCUT2D eigenvalue weighted by molar-refractivity contribution is 0.0113. The number of benzene rings is 1. The molecule has 0 amide bonds. The smallest absolute Gasteiger partial charge is 0.163 e. The summed E-state index contributed by atoms with van der Waals surface area (Å²) in [5.41, 5.74) is 0.0808. The van der Waals surface area contributed by atoms with E-state index in [9.17, 15) is 5.11 Å². The van der Waals surface area contributed by atoms with E-state index >= 15 is 0 Å². The van der Waals surface area contributed by atoms with Crippen LogP contribution >= 0.6 is 0 Å². The fourth-order valence-corrected chi connectivity index (χ4v) is 2.19. The van der Waals surface area contributed by atoms with Crippen molar-refractivity contribution in [3.63, 3.8) is 0 Å². The molecule has 84 valence electrons. The summed E-state index contributed by atoms with van der Waals surface area (Å²) >= 11 is 0. The van der Waals surface area contributed by atoms with Gasteiger partial charge < -0.3 is 5.11 Å². The number of aliphatic hydroxyl groups is 1. The van der Waals surface area contributed by atoms with E-state index in [2.05, 4.69) is 17.0 Å². The molecule has 3 nitrogen and oxygen atoms in total. The number of hydrogen-bond acceptors (Lipinski definition) is 3. The second kappa shape index (κ2) is 4.65. The number of β-amino-alcohol motifs (C(OH)–C–C–N with tert-alkyl or cyclic N) is 1. The Bertz CT molecular complexity index is 385. The molecule has 1 heterocycles. The van der Waals surface area contributed by atoms with Crippen molar-refractivity contribution < 1.29 is 5.11 Å². The Kier molecular flexibility index (Phi) is 3.23. The average molecular weight is 216 g/mol. The zero-order chi connectivity index (χ0) is 11.4. The molecule has 1 aromatic rings. The molecule has 1 N–H and O–H groups in total. The predicted molar refractivity (Wildman–Crippen MR) is 61.5 cm³/mol. The first kappa shape index (κ1) is 11.1. The third-order valence-electron chi connectivity index (χ3n) is 3.01. The van der Waals surface area contributed by atoms with Crippen molar-refractivity contribution in [2.24, 2.45) is 0 Å². The standard InChI is InChI=1S/C13H16N2O/c14-10-13(16)7-4-8-15(11-13)9-12-5-2-1-3-6-12/h1-3,5-6,16H,4,7-9,11H2/t13-/m0/s1. The van der Waals surface area contributed by atoms with Gasteiger partial charge in [-0.15, -0.1) is 0 Å². The molecule has 1 fully saturated rings. The van der Waals surface area contributed by atoms with Gasteiger partial charge in [-0.25, -0.2) is 0 Å². The lowest BCUT2D eigenvalue weighted by Gasteiger charge is -2.34. The molecule has 0 radical (unpaired) electrons. The van der Waals surface area contributed by atoms with E-state index < -0.39 is 5.60 Å². The minimum absolute atomic E-state index is 0.457. The monoisotopic (exact) mass is 216 g/mol. The molecule has 1 aromatic carbocycles. The highest BCUT2D eigenvalue weighted by Crippen LogP contribution is 2.21. The van der Waals surface area contributed by atoms with E-state index in [1.807, 2.05) is 24.3 Å². The predicted octanol–water partition coefficient (Wildman–Crippen LogP) is 1.54. The maximum absolute atomic E-state index is 9.93. The molecule has 0 aliphatic carbocycles. The van der Waals surface area contributed by atoms with Gasteiger partial charge in [0.2, 0.25) is 0 Å². The zero-order valence-electron chi connectivity index (χ0n) is 9.26. The SMILES string of the molecule is N#C[C@@]1(O)CCCN(Cc2ccccc2)C1. The molecule has 0 unspecified atom stereocenters. The minimum atomic E-state index is -1.15. The van der Waals surface area contributed by atoms with Gasteiger partial charge in [-0.2, -0.15) is 5.26 Å². The topological polar surface area (TPSA) is 47.3 Å². The van der Waals surface area contributed by atoms with Gasteiger partial charge in [0.25, 0.3) is 0 Å². The molecule has 16 heavy (non-hydrogen) atoms. The van der Waals surface area contributed by atoms with Crippen molar-refractivity contribution in [3.05, 3.63) is 35.9 Å². The molecule has 0 bridgehead atoms. The van der Waals surface area contributed by atoms with Gasteiger partial charge in [0, 0.05) is 13.1 Å². The van der Waals surface area contributed by atoms with Crippen LogP contribution in [0, 0.1) is 11.3 Å². The summed E-state index contributed by atoms with van der Waals surface area (Å²) in [6.45, 7) is 2.22. The van der Waals surface area contributed by atoms with Crippen LogP contribution in [-0.4, -0.2) is 28.7 Å². The summed E-state index contributed by atoms with van der Waals surface area (Å²) in [4.78, 5) is 2.14. The first-order chi connectivity index (χ1) is 7.72. The van der Waals surface area contributed by atoms with Crippen molar-refractivity contribution in [1.29, 1.82) is 5.26 Å². The number of nitrogens with zero attached hydrogens (tertiary/aromatic N) is 2. The molecular formula is C13H16N2O. The summed E-state index contributed by atoms with van der Waals surface area (Å²) in [6.07, 6.45) is 1.48. The Balaban J connectivity index is 1.99. The van der Waals surface area contributed by atoms with Crippen molar-refractivity contribution in [3.8, 4) is 6.07 Å². The van der Waals surface area contributed by atoms with E-state index in [0.29, 0.717) is 13.0 Å². The van der Waals surface area contributed by atoms with Gasteiger partial charge in [-0.05, 0) is 24.9 Å². The second-order valence-electron chi connectivity index (χ2n) is 4.44. The normalized spacial score (nSPS) is 26.2. The maximum atomic E-state index is 9.93. The Hall–Kier alpha value is -1.37. The summed E-state index contributed by atoms with van der Waals surface area (Å²) in [6, 6.07) is 12.2. The molecule has 1 atom stereocenters. The molecule has 3 heteroatoms. The van der Waals surface area contributed by atoms with E-state index in [4.69, 9.17) is 5.26 Å². The number of piperidine rings is 1. The molecular weight excluding hydrogens is 200 g/mol. The highest BCUT2D eigenvalue weighted by molar-refractivity contribution is 5.15. The molecule has 2 rings (SSSR count). The van der Waals surface area contributed by atoms with Crippen LogP contribution < -0.4 is 0 Å². The van der Waals surface area contributed by atoms with E-state index in [1.54, 1.807) is 0 Å². The average Bonchev–Trinajstić information content (AvgIpc) is 2.30. The highest BCUT2D eigenvalue weighted by Gasteiger charge is 2.32. The number of nitriles is 1. The van der Waals surface area contributed by atoms with E-state index in [1.165, 1.54) is 5.56 Å². The third kappa shape index (κ3) is 2.60. The zero-order valence-corrected chi connectivity index (χ0v) is 9.26. The molecule has 1 saturated heterocycles. The van der Waals surface area contributed by atoms with Gasteiger partial charge >= 0.3 is 0 Å². The Morgan fingerprint density at radius 2 is 2.12 bits per heavy atom. The van der Waals surface area contributed by atoms with Gasteiger partial charge in [-0.1, -0.05) is 30.3 Å². The van der Waals surface area contributed by atoms with Gasteiger partial charge in [0.15, 0.2) is 5.60 Å². The van der Waals surface area contributed by atoms with Crippen LogP contribution in [0.1, 0.15) is 18.4 Å². The maximum Gasteiger partial charge on any atom is 0.163 e. The molecule has 0 saturated carbocycles. The van der Waals surface area contributed by atoms with Crippen molar-refractivity contribution in [2.45, 2.75) is 25.0 Å². The first-order valence-electron chi connectivity index (χ1n) is 5.62. The number of rotatable bonds is 2. The third-order valence-corrected chi connectivity index (χ3v) is 3.01. The van der Waals surface area contributed by atoms with Crippen molar-refractivity contribution in [1.82, 2.24) is 4.90 Å². The molecule has 1 aliphatic heterocycles. The van der Waals surface area contributed by atoms with Crippen LogP contribution in [-0.2, 0) is 6.54 Å². The largest absolute Gasteiger partial charge is 0.374 e. The van der Waals surface area contributed by atoms with Crippen molar-refractivity contribution in [2.75, 3.05) is 13.1 Å². The second-order valence-corrected chi connectivity index (χ2v) is 4.44.